The van der Waals surface area contributed by atoms with Gasteiger partial charge in [-0.05, 0) is 6.20 Å². The third-order valence-corrected chi connectivity index (χ3v) is 0.204. The van der Waals surface area contributed by atoms with Crippen LogP contribution in [0.2, 0.25) is 0 Å². The summed E-state index contributed by atoms with van der Waals surface area (Å²) >= 11 is 0. The van der Waals surface area contributed by atoms with Crippen molar-refractivity contribution >= 4 is 12.4 Å². The molecule has 2 heteroatoms. The molecule has 0 saturated carbocycles. The van der Waals surface area contributed by atoms with Crippen molar-refractivity contribution in [2.24, 2.45) is 0 Å². The van der Waals surface area contributed by atoms with E-state index in [4.69, 9.17) is 0 Å². The molecule has 0 aromatic heterocycles. The van der Waals surface area contributed by atoms with Gasteiger partial charge in [0, 0.05) is 7.05 Å². The summed E-state index contributed by atoms with van der Waals surface area (Å²) in [6.07, 6.45) is 1.62. The zero-order chi connectivity index (χ0) is 3.41. The highest BCUT2D eigenvalue weighted by molar-refractivity contribution is 5.85. The molecule has 32 valence electrons. The Labute approximate surface area is 38.5 Å². The fourth-order valence-electron chi connectivity index (χ4n) is 0. The molecule has 0 amide bonds. The average molecular weight is 93.6 g/mol. The van der Waals surface area contributed by atoms with Crippen LogP contribution in [0.4, 0.5) is 0 Å². The van der Waals surface area contributed by atoms with Gasteiger partial charge in [0.1, 0.15) is 0 Å². The lowest BCUT2D eigenvalue weighted by Crippen LogP contribution is -1.87. The number of hydrogen-bond acceptors (Lipinski definition) is 1. The Morgan fingerprint density at radius 3 is 2.00 bits per heavy atom. The molecule has 0 aromatic carbocycles. The molecule has 5 heavy (non-hydrogen) atoms. The maximum atomic E-state index is 3.37. The minimum Gasteiger partial charge on any atom is -0.394 e. The summed E-state index contributed by atoms with van der Waals surface area (Å²) in [6, 6.07) is 0. The molecule has 0 heterocycles. The van der Waals surface area contributed by atoms with E-state index in [1.54, 1.807) is 6.20 Å². The topological polar surface area (TPSA) is 12.0 Å². The van der Waals surface area contributed by atoms with Gasteiger partial charge in [0.2, 0.25) is 0 Å². The van der Waals surface area contributed by atoms with Gasteiger partial charge in [-0.2, -0.15) is 0 Å². The van der Waals surface area contributed by atoms with Gasteiger partial charge in [-0.25, -0.2) is 0 Å². The largest absolute Gasteiger partial charge is 0.394 e. The first-order chi connectivity index (χ1) is 1.91. The second kappa shape index (κ2) is 9.16. The SMILES string of the molecule is C=CNC.Cl. The lowest BCUT2D eigenvalue weighted by atomic mass is 11.0. The van der Waals surface area contributed by atoms with Gasteiger partial charge >= 0.3 is 0 Å². The molecule has 0 atom stereocenters. The minimum absolute atomic E-state index is 0. The Hall–Kier alpha value is -0.170. The first-order valence-electron chi connectivity index (χ1n) is 1.20. The van der Waals surface area contributed by atoms with Crippen molar-refractivity contribution in [3.05, 3.63) is 12.8 Å². The summed E-state index contributed by atoms with van der Waals surface area (Å²) in [5, 5.41) is 2.69. The summed E-state index contributed by atoms with van der Waals surface area (Å²) in [5.74, 6) is 0. The summed E-state index contributed by atoms with van der Waals surface area (Å²) in [7, 11) is 1.81. The van der Waals surface area contributed by atoms with E-state index in [1.165, 1.54) is 0 Å². The van der Waals surface area contributed by atoms with Crippen LogP contribution >= 0.6 is 12.4 Å². The first-order valence-corrected chi connectivity index (χ1v) is 1.20. The Bertz CT molecular complexity index is 20.9. The van der Waals surface area contributed by atoms with Crippen LogP contribution < -0.4 is 5.32 Å². The van der Waals surface area contributed by atoms with Crippen LogP contribution in [0.25, 0.3) is 0 Å². The predicted octanol–water partition coefficient (Wildman–Crippen LogP) is 0.771. The van der Waals surface area contributed by atoms with Crippen LogP contribution in [0.1, 0.15) is 0 Å². The van der Waals surface area contributed by atoms with E-state index < -0.39 is 0 Å². The van der Waals surface area contributed by atoms with Crippen molar-refractivity contribution in [3.8, 4) is 0 Å². The highest BCUT2D eigenvalue weighted by atomic mass is 35.5. The van der Waals surface area contributed by atoms with Gasteiger partial charge in [-0.15, -0.1) is 12.4 Å². The van der Waals surface area contributed by atoms with Gasteiger partial charge in [0.05, 0.1) is 0 Å². The number of halogens is 1. The molecule has 0 aromatic rings. The van der Waals surface area contributed by atoms with E-state index >= 15 is 0 Å². The quantitative estimate of drug-likeness (QED) is 0.505. The molecule has 1 N–H and O–H groups in total. The summed E-state index contributed by atoms with van der Waals surface area (Å²) < 4.78 is 0. The van der Waals surface area contributed by atoms with E-state index in [2.05, 4.69) is 11.9 Å². The highest BCUT2D eigenvalue weighted by Gasteiger charge is 1.35. The first kappa shape index (κ1) is 8.85. The number of hydrogen-bond donors (Lipinski definition) is 1. The van der Waals surface area contributed by atoms with Gasteiger partial charge in [-0.3, -0.25) is 0 Å². The third kappa shape index (κ3) is 18.6. The van der Waals surface area contributed by atoms with E-state index in [0.717, 1.165) is 0 Å². The monoisotopic (exact) mass is 93.0 g/mol. The summed E-state index contributed by atoms with van der Waals surface area (Å²) in [5.41, 5.74) is 0. The summed E-state index contributed by atoms with van der Waals surface area (Å²) in [4.78, 5) is 0. The zero-order valence-electron chi connectivity index (χ0n) is 3.19. The van der Waals surface area contributed by atoms with Gasteiger partial charge in [0.15, 0.2) is 0 Å². The van der Waals surface area contributed by atoms with E-state index in [9.17, 15) is 0 Å². The van der Waals surface area contributed by atoms with Crippen molar-refractivity contribution in [2.75, 3.05) is 7.05 Å². The van der Waals surface area contributed by atoms with Gasteiger partial charge < -0.3 is 5.32 Å². The summed E-state index contributed by atoms with van der Waals surface area (Å²) in [6.45, 7) is 3.37. The molecule has 0 saturated heterocycles. The Morgan fingerprint density at radius 2 is 2.00 bits per heavy atom. The lowest BCUT2D eigenvalue weighted by molar-refractivity contribution is 1.11. The molecule has 1 nitrogen and oxygen atoms in total. The van der Waals surface area contributed by atoms with Crippen LogP contribution in [0, 0.1) is 0 Å². The highest BCUT2D eigenvalue weighted by Crippen LogP contribution is 1.32. The van der Waals surface area contributed by atoms with Crippen LogP contribution in [0.5, 0.6) is 0 Å². The second-order valence-electron chi connectivity index (χ2n) is 0.493. The fourth-order valence-corrected chi connectivity index (χ4v) is 0. The molecule has 0 aliphatic rings. The van der Waals surface area contributed by atoms with Gasteiger partial charge in [0.25, 0.3) is 0 Å². The fraction of sp³-hybridized carbons (Fsp3) is 0.333. The molecule has 0 unspecified atom stereocenters. The zero-order valence-corrected chi connectivity index (χ0v) is 4.01. The standard InChI is InChI=1S/C3H7N.ClH/c1-3-4-2;/h3-4H,1H2,2H3;1H. The maximum Gasteiger partial charge on any atom is 0.00275 e. The number of nitrogens with one attached hydrogen (secondary N) is 1. The molecular formula is C3H8ClN. The molecule has 0 spiro atoms. The van der Waals surface area contributed by atoms with Crippen molar-refractivity contribution in [2.45, 2.75) is 0 Å². The smallest absolute Gasteiger partial charge is 0.00275 e. The van der Waals surface area contributed by atoms with Crippen molar-refractivity contribution in [1.29, 1.82) is 0 Å². The second-order valence-corrected chi connectivity index (χ2v) is 0.493. The predicted molar refractivity (Wildman–Crippen MR) is 26.5 cm³/mol. The maximum absolute atomic E-state index is 3.37. The average Bonchev–Trinajstić information content (AvgIpc) is 1.37. The Morgan fingerprint density at radius 1 is 1.80 bits per heavy atom. The normalized spacial score (nSPS) is 4.20. The molecular weight excluding hydrogens is 85.5 g/mol. The van der Waals surface area contributed by atoms with Crippen LogP contribution in [0.3, 0.4) is 0 Å². The molecule has 0 fully saturated rings. The Kier molecular flexibility index (Phi) is 16.2. The molecule has 0 rings (SSSR count). The lowest BCUT2D eigenvalue weighted by Gasteiger charge is -1.70. The van der Waals surface area contributed by atoms with Crippen LogP contribution in [-0.2, 0) is 0 Å². The minimum atomic E-state index is 0. The van der Waals surface area contributed by atoms with Gasteiger partial charge in [-0.1, -0.05) is 6.58 Å². The number of rotatable bonds is 1. The van der Waals surface area contributed by atoms with Crippen molar-refractivity contribution < 1.29 is 0 Å². The third-order valence-electron chi connectivity index (χ3n) is 0.204. The van der Waals surface area contributed by atoms with E-state index in [1.807, 2.05) is 7.05 Å². The molecule has 0 radical (unpaired) electrons. The van der Waals surface area contributed by atoms with E-state index in [-0.39, 0.29) is 12.4 Å². The van der Waals surface area contributed by atoms with Crippen molar-refractivity contribution in [3.63, 3.8) is 0 Å². The van der Waals surface area contributed by atoms with Crippen molar-refractivity contribution in [1.82, 2.24) is 5.32 Å². The van der Waals surface area contributed by atoms with E-state index in [0.29, 0.717) is 0 Å². The van der Waals surface area contributed by atoms with Crippen LogP contribution in [0.15, 0.2) is 12.8 Å². The van der Waals surface area contributed by atoms with Crippen LogP contribution in [-0.4, -0.2) is 7.05 Å². The molecule has 0 aliphatic heterocycles. The Balaban J connectivity index is 0. The molecule has 0 aliphatic carbocycles. The molecule has 0 bridgehead atoms.